The number of nitrogens with one attached hydrogen (secondary N) is 1. The Morgan fingerprint density at radius 2 is 2.10 bits per heavy atom. The van der Waals surface area contributed by atoms with Gasteiger partial charge in [-0.25, -0.2) is 4.98 Å². The highest BCUT2D eigenvalue weighted by Gasteiger charge is 2.42. The molecule has 0 spiro atoms. The van der Waals surface area contributed by atoms with E-state index in [-0.39, 0.29) is 17.9 Å². The zero-order chi connectivity index (χ0) is 14.9. The van der Waals surface area contributed by atoms with Crippen molar-refractivity contribution in [1.29, 1.82) is 0 Å². The van der Waals surface area contributed by atoms with Crippen LogP contribution < -0.4 is 5.32 Å². The first kappa shape index (κ1) is 14.2. The lowest BCUT2D eigenvalue weighted by molar-refractivity contribution is 0.0931. The number of carbonyl (C=O) groups is 1. The Labute approximate surface area is 127 Å². The van der Waals surface area contributed by atoms with E-state index in [1.54, 1.807) is 5.38 Å². The van der Waals surface area contributed by atoms with E-state index in [1.807, 2.05) is 31.2 Å². The molecule has 110 valence electrons. The molecule has 1 fully saturated rings. The molecule has 0 atom stereocenters. The number of aliphatic hydroxyl groups excluding tert-OH is 1. The highest BCUT2D eigenvalue weighted by molar-refractivity contribution is 7.13. The molecule has 0 unspecified atom stereocenters. The van der Waals surface area contributed by atoms with Crippen LogP contribution in [0.3, 0.4) is 0 Å². The van der Waals surface area contributed by atoms with E-state index in [1.165, 1.54) is 16.9 Å². The van der Waals surface area contributed by atoms with Crippen molar-refractivity contribution in [2.45, 2.75) is 19.8 Å². The van der Waals surface area contributed by atoms with Crippen molar-refractivity contribution in [2.24, 2.45) is 5.41 Å². The number of amides is 1. The maximum Gasteiger partial charge on any atom is 0.270 e. The molecule has 1 aliphatic carbocycles. The molecule has 1 aromatic heterocycles. The molecule has 21 heavy (non-hydrogen) atoms. The predicted molar refractivity (Wildman–Crippen MR) is 83.4 cm³/mol. The second kappa shape index (κ2) is 5.58. The van der Waals surface area contributed by atoms with Gasteiger partial charge in [0.1, 0.15) is 10.7 Å². The largest absolute Gasteiger partial charge is 0.396 e. The van der Waals surface area contributed by atoms with E-state index in [4.69, 9.17) is 0 Å². The number of rotatable bonds is 5. The molecule has 1 aromatic carbocycles. The number of nitrogens with zero attached hydrogens (tertiary/aromatic N) is 1. The third-order valence-electron chi connectivity index (χ3n) is 3.95. The molecule has 4 nitrogen and oxygen atoms in total. The SMILES string of the molecule is Cc1ccc(-c2nc(C(=O)NCC3(CO)CC3)cs2)cc1. The Morgan fingerprint density at radius 1 is 1.38 bits per heavy atom. The number of aromatic nitrogens is 1. The Balaban J connectivity index is 1.66. The van der Waals surface area contributed by atoms with Gasteiger partial charge in [-0.1, -0.05) is 29.8 Å². The zero-order valence-corrected chi connectivity index (χ0v) is 12.7. The number of benzene rings is 1. The van der Waals surface area contributed by atoms with Crippen LogP contribution in [0.15, 0.2) is 29.6 Å². The molecular formula is C16H18N2O2S. The minimum Gasteiger partial charge on any atom is -0.396 e. The molecular weight excluding hydrogens is 284 g/mol. The lowest BCUT2D eigenvalue weighted by atomic mass is 10.1. The van der Waals surface area contributed by atoms with E-state index in [2.05, 4.69) is 10.3 Å². The van der Waals surface area contributed by atoms with Crippen molar-refractivity contribution in [2.75, 3.05) is 13.2 Å². The third-order valence-corrected chi connectivity index (χ3v) is 4.84. The summed E-state index contributed by atoms with van der Waals surface area (Å²) >= 11 is 1.47. The molecule has 0 saturated heterocycles. The molecule has 2 N–H and O–H groups in total. The fourth-order valence-corrected chi connectivity index (χ4v) is 2.94. The number of thiazole rings is 1. The van der Waals surface area contributed by atoms with Gasteiger partial charge < -0.3 is 10.4 Å². The van der Waals surface area contributed by atoms with Gasteiger partial charge in [0, 0.05) is 22.9 Å². The summed E-state index contributed by atoms with van der Waals surface area (Å²) in [6, 6.07) is 8.10. The van der Waals surface area contributed by atoms with E-state index in [0.29, 0.717) is 12.2 Å². The quantitative estimate of drug-likeness (QED) is 0.892. The summed E-state index contributed by atoms with van der Waals surface area (Å²) in [4.78, 5) is 16.5. The predicted octanol–water partition coefficient (Wildman–Crippen LogP) is 2.62. The van der Waals surface area contributed by atoms with Crippen molar-refractivity contribution in [1.82, 2.24) is 10.3 Å². The van der Waals surface area contributed by atoms with Crippen LogP contribution in [0.2, 0.25) is 0 Å². The second-order valence-corrected chi connectivity index (χ2v) is 6.60. The first-order chi connectivity index (χ1) is 10.1. The fourth-order valence-electron chi connectivity index (χ4n) is 2.13. The summed E-state index contributed by atoms with van der Waals surface area (Å²) in [6.45, 7) is 2.71. The lowest BCUT2D eigenvalue weighted by Crippen LogP contribution is -2.32. The number of hydrogen-bond donors (Lipinski definition) is 2. The van der Waals surface area contributed by atoms with Gasteiger partial charge in [0.05, 0.1) is 6.61 Å². The van der Waals surface area contributed by atoms with Crippen LogP contribution in [0, 0.1) is 12.3 Å². The van der Waals surface area contributed by atoms with Crippen LogP contribution in [0.4, 0.5) is 0 Å². The Bertz CT molecular complexity index is 645. The molecule has 1 saturated carbocycles. The van der Waals surface area contributed by atoms with Gasteiger partial charge in [-0.3, -0.25) is 4.79 Å². The smallest absolute Gasteiger partial charge is 0.270 e. The van der Waals surface area contributed by atoms with Gasteiger partial charge in [-0.05, 0) is 19.8 Å². The summed E-state index contributed by atoms with van der Waals surface area (Å²) in [5.74, 6) is -0.163. The van der Waals surface area contributed by atoms with Crippen LogP contribution in [-0.4, -0.2) is 29.1 Å². The van der Waals surface area contributed by atoms with Crippen molar-refractivity contribution in [3.8, 4) is 10.6 Å². The maximum atomic E-state index is 12.1. The molecule has 1 amide bonds. The Hall–Kier alpha value is -1.72. The van der Waals surface area contributed by atoms with Crippen LogP contribution in [0.25, 0.3) is 10.6 Å². The summed E-state index contributed by atoms with van der Waals surface area (Å²) in [7, 11) is 0. The molecule has 1 aliphatic rings. The third kappa shape index (κ3) is 3.14. The fraction of sp³-hybridized carbons (Fsp3) is 0.375. The minimum atomic E-state index is -0.163. The maximum absolute atomic E-state index is 12.1. The molecule has 0 bridgehead atoms. The van der Waals surface area contributed by atoms with Crippen LogP contribution in [-0.2, 0) is 0 Å². The van der Waals surface area contributed by atoms with E-state index in [0.717, 1.165) is 23.4 Å². The Morgan fingerprint density at radius 3 is 2.71 bits per heavy atom. The highest BCUT2D eigenvalue weighted by Crippen LogP contribution is 2.44. The number of carbonyl (C=O) groups excluding carboxylic acids is 1. The van der Waals surface area contributed by atoms with Crippen molar-refractivity contribution in [3.63, 3.8) is 0 Å². The molecule has 5 heteroatoms. The van der Waals surface area contributed by atoms with Crippen LogP contribution in [0.5, 0.6) is 0 Å². The number of hydrogen-bond acceptors (Lipinski definition) is 4. The topological polar surface area (TPSA) is 62.2 Å². The summed E-state index contributed by atoms with van der Waals surface area (Å²) in [6.07, 6.45) is 1.96. The van der Waals surface area contributed by atoms with Gasteiger partial charge in [0.25, 0.3) is 5.91 Å². The minimum absolute atomic E-state index is 0.0779. The molecule has 1 heterocycles. The van der Waals surface area contributed by atoms with Gasteiger partial charge in [-0.2, -0.15) is 0 Å². The summed E-state index contributed by atoms with van der Waals surface area (Å²) in [5.41, 5.74) is 2.60. The lowest BCUT2D eigenvalue weighted by Gasteiger charge is -2.11. The van der Waals surface area contributed by atoms with Crippen LogP contribution >= 0.6 is 11.3 Å². The molecule has 3 rings (SSSR count). The highest BCUT2D eigenvalue weighted by atomic mass is 32.1. The van der Waals surface area contributed by atoms with Crippen LogP contribution in [0.1, 0.15) is 28.9 Å². The second-order valence-electron chi connectivity index (χ2n) is 5.74. The van der Waals surface area contributed by atoms with Gasteiger partial charge in [-0.15, -0.1) is 11.3 Å². The first-order valence-corrected chi connectivity index (χ1v) is 7.91. The molecule has 2 aromatic rings. The molecule has 0 radical (unpaired) electrons. The first-order valence-electron chi connectivity index (χ1n) is 7.04. The van der Waals surface area contributed by atoms with Crippen molar-refractivity contribution in [3.05, 3.63) is 40.9 Å². The Kier molecular flexibility index (Phi) is 3.78. The summed E-state index contributed by atoms with van der Waals surface area (Å²) < 4.78 is 0. The normalized spacial score (nSPS) is 15.7. The average Bonchev–Trinajstić information content (AvgIpc) is 3.12. The zero-order valence-electron chi connectivity index (χ0n) is 11.9. The van der Waals surface area contributed by atoms with Crippen molar-refractivity contribution >= 4 is 17.2 Å². The van der Waals surface area contributed by atoms with E-state index in [9.17, 15) is 9.90 Å². The van der Waals surface area contributed by atoms with Gasteiger partial charge in [0.15, 0.2) is 0 Å². The van der Waals surface area contributed by atoms with Gasteiger partial charge in [0.2, 0.25) is 0 Å². The van der Waals surface area contributed by atoms with Crippen molar-refractivity contribution < 1.29 is 9.90 Å². The molecule has 0 aliphatic heterocycles. The monoisotopic (exact) mass is 302 g/mol. The van der Waals surface area contributed by atoms with Gasteiger partial charge >= 0.3 is 0 Å². The summed E-state index contributed by atoms with van der Waals surface area (Å²) in [5, 5.41) is 14.8. The standard InChI is InChI=1S/C16H18N2O2S/c1-11-2-4-12(5-3-11)15-18-13(8-21-15)14(20)17-9-16(10-19)6-7-16/h2-5,8,19H,6-7,9-10H2,1H3,(H,17,20). The van der Waals surface area contributed by atoms with E-state index < -0.39 is 0 Å². The van der Waals surface area contributed by atoms with E-state index >= 15 is 0 Å². The number of aryl methyl sites for hydroxylation is 1. The average molecular weight is 302 g/mol. The number of aliphatic hydroxyl groups is 1.